The maximum atomic E-state index is 10.6. The van der Waals surface area contributed by atoms with Crippen LogP contribution < -0.4 is 4.72 Å². The number of hydrogen-bond acceptors (Lipinski definition) is 9. The Balaban J connectivity index is 1.83. The van der Waals surface area contributed by atoms with Gasteiger partial charge in [0.1, 0.15) is 30.0 Å². The molecule has 11 nitrogen and oxygen atoms in total. The molecular formula is C14H17N4O7S-. The molecule has 1 aromatic carbocycles. The zero-order valence-electron chi connectivity index (χ0n) is 13.2. The molecule has 1 saturated heterocycles. The molecule has 0 aliphatic carbocycles. The van der Waals surface area contributed by atoms with Crippen LogP contribution in [0.5, 0.6) is 0 Å². The van der Waals surface area contributed by atoms with Crippen LogP contribution in [0, 0.1) is 0 Å². The van der Waals surface area contributed by atoms with E-state index in [9.17, 15) is 24.1 Å². The van der Waals surface area contributed by atoms with Crippen LogP contribution in [-0.2, 0) is 16.0 Å². The first-order valence-electron chi connectivity index (χ1n) is 7.59. The molecular weight excluding hydrogens is 368 g/mol. The van der Waals surface area contributed by atoms with Crippen LogP contribution in [0.2, 0.25) is 0 Å². The molecule has 6 unspecified atom stereocenters. The predicted molar refractivity (Wildman–Crippen MR) is 87.0 cm³/mol. The van der Waals surface area contributed by atoms with Gasteiger partial charge in [0.15, 0.2) is 6.29 Å². The van der Waals surface area contributed by atoms with Gasteiger partial charge < -0.3 is 34.4 Å². The predicted octanol–water partition coefficient (Wildman–Crippen LogP) is -1.88. The zero-order chi connectivity index (χ0) is 18.8. The summed E-state index contributed by atoms with van der Waals surface area (Å²) in [5.74, 6) is 0. The summed E-state index contributed by atoms with van der Waals surface area (Å²) in [6, 6.07) is 5.39. The minimum atomic E-state index is -2.42. The fraction of sp³-hybridized carbons (Fsp3) is 0.429. The topological polar surface area (TPSA) is 173 Å². The van der Waals surface area contributed by atoms with Crippen molar-refractivity contribution in [3.63, 3.8) is 0 Å². The van der Waals surface area contributed by atoms with Gasteiger partial charge in [0, 0.05) is 22.5 Å². The lowest BCUT2D eigenvalue weighted by Crippen LogP contribution is -2.38. The monoisotopic (exact) mass is 385 g/mol. The van der Waals surface area contributed by atoms with Crippen molar-refractivity contribution in [1.82, 2.24) is 15.0 Å². The Morgan fingerprint density at radius 2 is 2.04 bits per heavy atom. The minimum Gasteiger partial charge on any atom is -0.755 e. The van der Waals surface area contributed by atoms with Crippen molar-refractivity contribution in [3.8, 4) is 11.3 Å². The second-order valence-electron chi connectivity index (χ2n) is 5.72. The molecule has 0 radical (unpaired) electrons. The van der Waals surface area contributed by atoms with Crippen LogP contribution in [0.15, 0.2) is 30.5 Å². The van der Waals surface area contributed by atoms with Gasteiger partial charge in [0.2, 0.25) is 0 Å². The van der Waals surface area contributed by atoms with Crippen molar-refractivity contribution in [2.75, 3.05) is 11.3 Å². The van der Waals surface area contributed by atoms with Crippen molar-refractivity contribution >= 4 is 17.0 Å². The average molecular weight is 385 g/mol. The second-order valence-corrected chi connectivity index (χ2v) is 6.39. The second kappa shape index (κ2) is 7.75. The van der Waals surface area contributed by atoms with E-state index in [2.05, 4.69) is 15.0 Å². The Morgan fingerprint density at radius 3 is 2.65 bits per heavy atom. The Morgan fingerprint density at radius 1 is 1.35 bits per heavy atom. The molecule has 0 amide bonds. The highest BCUT2D eigenvalue weighted by molar-refractivity contribution is 7.80. The van der Waals surface area contributed by atoms with Gasteiger partial charge in [-0.2, -0.15) is 0 Å². The highest BCUT2D eigenvalue weighted by atomic mass is 32.2. The summed E-state index contributed by atoms with van der Waals surface area (Å²) in [6.45, 7) is -0.613. The summed E-state index contributed by atoms with van der Waals surface area (Å²) >= 11 is -2.42. The van der Waals surface area contributed by atoms with E-state index in [1.165, 1.54) is 10.9 Å². The van der Waals surface area contributed by atoms with Crippen LogP contribution in [-0.4, -0.2) is 75.4 Å². The Bertz CT molecular complexity index is 771. The Kier molecular flexibility index (Phi) is 5.62. The largest absolute Gasteiger partial charge is 0.755 e. The quantitative estimate of drug-likeness (QED) is 0.357. The molecule has 1 aliphatic heterocycles. The first-order valence-corrected chi connectivity index (χ1v) is 8.67. The highest BCUT2D eigenvalue weighted by Gasteiger charge is 2.47. The van der Waals surface area contributed by atoms with Crippen LogP contribution >= 0.6 is 0 Å². The van der Waals surface area contributed by atoms with Crippen LogP contribution in [0.3, 0.4) is 0 Å². The fourth-order valence-corrected chi connectivity index (χ4v) is 3.10. The number of aliphatic hydroxyl groups is 4. The maximum Gasteiger partial charge on any atom is 0.183 e. The van der Waals surface area contributed by atoms with Crippen molar-refractivity contribution in [3.05, 3.63) is 30.5 Å². The summed E-state index contributed by atoms with van der Waals surface area (Å²) in [5, 5.41) is 46.6. The van der Waals surface area contributed by atoms with E-state index in [1.807, 2.05) is 0 Å². The van der Waals surface area contributed by atoms with E-state index in [-0.39, 0.29) is 0 Å². The van der Waals surface area contributed by atoms with Crippen molar-refractivity contribution in [2.24, 2.45) is 0 Å². The lowest BCUT2D eigenvalue weighted by Gasteiger charge is -2.22. The van der Waals surface area contributed by atoms with E-state index in [1.54, 1.807) is 24.3 Å². The number of hydrogen-bond donors (Lipinski definition) is 5. The van der Waals surface area contributed by atoms with Gasteiger partial charge in [-0.15, -0.1) is 5.10 Å². The number of rotatable bonds is 6. The molecule has 5 N–H and O–H groups in total. The molecule has 0 saturated carbocycles. The molecule has 1 fully saturated rings. The third-order valence-corrected chi connectivity index (χ3v) is 4.44. The molecule has 26 heavy (non-hydrogen) atoms. The number of nitrogens with zero attached hydrogens (tertiary/aromatic N) is 3. The molecule has 1 aromatic heterocycles. The Labute approximate surface area is 150 Å². The fourth-order valence-electron chi connectivity index (χ4n) is 2.77. The maximum absolute atomic E-state index is 10.6. The standard InChI is InChI=1S/C14H18N4O7S/c19-6-10(20)13-11(12(21)14(22)25-13)18-5-9(15-17-18)7-1-3-8(4-2-7)16-26(23)24/h1-5,10-14,16,19-22H,6H2,(H,23,24)/p-1. The average Bonchev–Trinajstić information content (AvgIpc) is 3.20. The van der Waals surface area contributed by atoms with Gasteiger partial charge in [-0.1, -0.05) is 17.3 Å². The third-order valence-electron chi connectivity index (χ3n) is 4.04. The zero-order valence-corrected chi connectivity index (χ0v) is 14.1. The van der Waals surface area contributed by atoms with Crippen molar-refractivity contribution in [1.29, 1.82) is 0 Å². The van der Waals surface area contributed by atoms with E-state index < -0.39 is 48.5 Å². The van der Waals surface area contributed by atoms with Crippen LogP contribution in [0.4, 0.5) is 5.69 Å². The summed E-state index contributed by atoms with van der Waals surface area (Å²) < 4.78 is 29.8. The molecule has 2 aromatic rings. The SMILES string of the molecule is O=S([O-])Nc1ccc(-c2cn(C3C(O)C(O)OC3C(O)CO)nn2)cc1. The molecule has 2 heterocycles. The molecule has 12 heteroatoms. The van der Waals surface area contributed by atoms with Gasteiger partial charge in [0.25, 0.3) is 0 Å². The lowest BCUT2D eigenvalue weighted by atomic mass is 10.0. The number of aromatic nitrogens is 3. The first-order chi connectivity index (χ1) is 12.4. The van der Waals surface area contributed by atoms with Crippen LogP contribution in [0.1, 0.15) is 6.04 Å². The minimum absolute atomic E-state index is 0.378. The smallest absolute Gasteiger partial charge is 0.183 e. The molecule has 0 bridgehead atoms. The summed E-state index contributed by atoms with van der Waals surface area (Å²) in [4.78, 5) is 0. The molecule has 0 spiro atoms. The molecule has 1 aliphatic rings. The third kappa shape index (κ3) is 3.76. The number of benzene rings is 1. The highest BCUT2D eigenvalue weighted by Crippen LogP contribution is 2.32. The van der Waals surface area contributed by atoms with Crippen molar-refractivity contribution in [2.45, 2.75) is 30.6 Å². The molecule has 3 rings (SSSR count). The normalized spacial score (nSPS) is 28.0. The first kappa shape index (κ1) is 18.8. The van der Waals surface area contributed by atoms with Crippen LogP contribution in [0.25, 0.3) is 11.3 Å². The van der Waals surface area contributed by atoms with E-state index in [4.69, 9.17) is 9.84 Å². The van der Waals surface area contributed by atoms with Crippen molar-refractivity contribution < 1.29 is 33.9 Å². The summed E-state index contributed by atoms with van der Waals surface area (Å²) in [7, 11) is 0. The summed E-state index contributed by atoms with van der Waals surface area (Å²) in [5.41, 5.74) is 1.43. The number of nitrogens with one attached hydrogen (secondary N) is 1. The lowest BCUT2D eigenvalue weighted by molar-refractivity contribution is -0.149. The van der Waals surface area contributed by atoms with Gasteiger partial charge in [0.05, 0.1) is 12.8 Å². The number of anilines is 1. The van der Waals surface area contributed by atoms with E-state index >= 15 is 0 Å². The number of ether oxygens (including phenoxy) is 1. The van der Waals surface area contributed by atoms with Gasteiger partial charge in [-0.05, 0) is 12.1 Å². The van der Waals surface area contributed by atoms with Gasteiger partial charge in [-0.25, -0.2) is 4.68 Å². The van der Waals surface area contributed by atoms with E-state index in [0.29, 0.717) is 16.9 Å². The Hall–Kier alpha value is -1.93. The summed E-state index contributed by atoms with van der Waals surface area (Å²) in [6.07, 6.45) is -3.80. The molecule has 6 atom stereocenters. The molecule has 142 valence electrons. The number of aliphatic hydroxyl groups excluding tert-OH is 4. The van der Waals surface area contributed by atoms with Gasteiger partial charge in [-0.3, -0.25) is 4.21 Å². The van der Waals surface area contributed by atoms with Gasteiger partial charge >= 0.3 is 0 Å². The van der Waals surface area contributed by atoms with E-state index in [0.717, 1.165) is 0 Å².